The Kier molecular flexibility index (Phi) is 4.12. The predicted octanol–water partition coefficient (Wildman–Crippen LogP) is 0.197. The molecule has 6 nitrogen and oxygen atoms in total. The summed E-state index contributed by atoms with van der Waals surface area (Å²) >= 11 is 0. The molecule has 1 heterocycles. The van der Waals surface area contributed by atoms with Gasteiger partial charge in [-0.05, 0) is 26.2 Å². The maximum Gasteiger partial charge on any atom is 0.249 e. The standard InChI is InChI=1S/C10H19N3O3/c1-3-10(2,9(11)13-15)12-8(14)7-5-4-6-16-7/h7,15H,3-6H2,1-2H3,(H2,11,13)(H,12,14). The number of amides is 1. The zero-order valence-electron chi connectivity index (χ0n) is 9.69. The summed E-state index contributed by atoms with van der Waals surface area (Å²) < 4.78 is 5.26. The minimum absolute atomic E-state index is 0.00125. The Hall–Kier alpha value is -1.30. The molecule has 0 bridgehead atoms. The van der Waals surface area contributed by atoms with Crippen LogP contribution >= 0.6 is 0 Å². The summed E-state index contributed by atoms with van der Waals surface area (Å²) in [6, 6.07) is 0. The number of nitrogens with two attached hydrogens (primary N) is 1. The number of nitrogens with one attached hydrogen (secondary N) is 1. The Morgan fingerprint density at radius 1 is 1.75 bits per heavy atom. The quantitative estimate of drug-likeness (QED) is 0.277. The third-order valence-electron chi connectivity index (χ3n) is 3.00. The van der Waals surface area contributed by atoms with E-state index in [9.17, 15) is 4.79 Å². The van der Waals surface area contributed by atoms with Gasteiger partial charge in [-0.3, -0.25) is 4.79 Å². The van der Waals surface area contributed by atoms with Gasteiger partial charge in [0.15, 0.2) is 5.84 Å². The largest absolute Gasteiger partial charge is 0.409 e. The molecule has 1 aliphatic rings. The Morgan fingerprint density at radius 3 is 2.88 bits per heavy atom. The summed E-state index contributed by atoms with van der Waals surface area (Å²) in [4.78, 5) is 11.8. The molecule has 1 rings (SSSR count). The van der Waals surface area contributed by atoms with Crippen LogP contribution in [-0.4, -0.2) is 35.2 Å². The van der Waals surface area contributed by atoms with E-state index in [0.717, 1.165) is 12.8 Å². The van der Waals surface area contributed by atoms with Crippen LogP contribution in [0.5, 0.6) is 0 Å². The highest BCUT2D eigenvalue weighted by atomic mass is 16.5. The Balaban J connectivity index is 2.65. The molecule has 0 radical (unpaired) electrons. The van der Waals surface area contributed by atoms with Crippen LogP contribution in [0, 0.1) is 0 Å². The van der Waals surface area contributed by atoms with Crippen LogP contribution in [0.4, 0.5) is 0 Å². The van der Waals surface area contributed by atoms with Gasteiger partial charge in [0.2, 0.25) is 5.91 Å². The zero-order valence-corrected chi connectivity index (χ0v) is 9.69. The van der Waals surface area contributed by atoms with Crippen molar-refractivity contribution < 1.29 is 14.7 Å². The molecule has 1 amide bonds. The van der Waals surface area contributed by atoms with Gasteiger partial charge in [0.05, 0.1) is 5.54 Å². The van der Waals surface area contributed by atoms with E-state index in [0.29, 0.717) is 13.0 Å². The fourth-order valence-electron chi connectivity index (χ4n) is 1.58. The van der Waals surface area contributed by atoms with E-state index in [1.165, 1.54) is 0 Å². The average Bonchev–Trinajstić information content (AvgIpc) is 2.81. The number of hydrogen-bond donors (Lipinski definition) is 3. The van der Waals surface area contributed by atoms with Crippen LogP contribution in [0.25, 0.3) is 0 Å². The number of oxime groups is 1. The molecule has 92 valence electrons. The van der Waals surface area contributed by atoms with Crippen molar-refractivity contribution in [1.29, 1.82) is 0 Å². The summed E-state index contributed by atoms with van der Waals surface area (Å²) in [5, 5.41) is 14.4. The third-order valence-corrected chi connectivity index (χ3v) is 3.00. The third kappa shape index (κ3) is 2.63. The zero-order chi connectivity index (χ0) is 12.2. The lowest BCUT2D eigenvalue weighted by atomic mass is 9.97. The Bertz CT molecular complexity index is 287. The molecular formula is C10H19N3O3. The van der Waals surface area contributed by atoms with Crippen molar-refractivity contribution in [3.63, 3.8) is 0 Å². The number of amidine groups is 1. The van der Waals surface area contributed by atoms with Gasteiger partial charge >= 0.3 is 0 Å². The lowest BCUT2D eigenvalue weighted by Gasteiger charge is -2.29. The lowest BCUT2D eigenvalue weighted by molar-refractivity contribution is -0.131. The maximum absolute atomic E-state index is 11.8. The first-order valence-electron chi connectivity index (χ1n) is 5.45. The summed E-state index contributed by atoms with van der Waals surface area (Å²) in [7, 11) is 0. The van der Waals surface area contributed by atoms with Crippen LogP contribution < -0.4 is 11.1 Å². The van der Waals surface area contributed by atoms with E-state index in [1.807, 2.05) is 6.92 Å². The number of hydrogen-bond acceptors (Lipinski definition) is 4. The Labute approximate surface area is 94.8 Å². The maximum atomic E-state index is 11.8. The topological polar surface area (TPSA) is 96.9 Å². The van der Waals surface area contributed by atoms with Crippen LogP contribution in [0.1, 0.15) is 33.1 Å². The van der Waals surface area contributed by atoms with Gasteiger partial charge in [-0.15, -0.1) is 0 Å². The molecular weight excluding hydrogens is 210 g/mol. The highest BCUT2D eigenvalue weighted by Crippen LogP contribution is 2.15. The van der Waals surface area contributed by atoms with Crippen molar-refractivity contribution in [1.82, 2.24) is 5.32 Å². The van der Waals surface area contributed by atoms with E-state index >= 15 is 0 Å². The van der Waals surface area contributed by atoms with Gasteiger partial charge in [0, 0.05) is 6.61 Å². The summed E-state index contributed by atoms with van der Waals surface area (Å²) in [5.74, 6) is -0.199. The van der Waals surface area contributed by atoms with Gasteiger partial charge in [0.1, 0.15) is 6.10 Å². The highest BCUT2D eigenvalue weighted by Gasteiger charge is 2.33. The van der Waals surface area contributed by atoms with Crippen molar-refractivity contribution >= 4 is 11.7 Å². The van der Waals surface area contributed by atoms with Crippen molar-refractivity contribution in [2.45, 2.75) is 44.8 Å². The minimum atomic E-state index is -0.822. The summed E-state index contributed by atoms with van der Waals surface area (Å²) in [6.07, 6.45) is 1.76. The second-order valence-corrected chi connectivity index (χ2v) is 4.16. The van der Waals surface area contributed by atoms with Crippen molar-refractivity contribution in [3.8, 4) is 0 Å². The predicted molar refractivity (Wildman–Crippen MR) is 59.2 cm³/mol. The highest BCUT2D eigenvalue weighted by molar-refractivity contribution is 5.94. The molecule has 4 N–H and O–H groups in total. The minimum Gasteiger partial charge on any atom is -0.409 e. The average molecular weight is 229 g/mol. The molecule has 6 heteroatoms. The molecule has 0 aromatic rings. The number of carbonyl (C=O) groups excluding carboxylic acids is 1. The van der Waals surface area contributed by atoms with Gasteiger partial charge in [0.25, 0.3) is 0 Å². The lowest BCUT2D eigenvalue weighted by Crippen LogP contribution is -2.57. The molecule has 0 spiro atoms. The first-order chi connectivity index (χ1) is 7.53. The van der Waals surface area contributed by atoms with Crippen LogP contribution in [0.3, 0.4) is 0 Å². The monoisotopic (exact) mass is 229 g/mol. The second-order valence-electron chi connectivity index (χ2n) is 4.16. The molecule has 0 aromatic heterocycles. The second kappa shape index (κ2) is 5.16. The molecule has 1 saturated heterocycles. The van der Waals surface area contributed by atoms with Crippen LogP contribution in [-0.2, 0) is 9.53 Å². The molecule has 1 aliphatic heterocycles. The SMILES string of the molecule is CCC(C)(NC(=O)C1CCCO1)/C(N)=N/O. The first-order valence-corrected chi connectivity index (χ1v) is 5.45. The molecule has 16 heavy (non-hydrogen) atoms. The first kappa shape index (κ1) is 12.8. The fraction of sp³-hybridized carbons (Fsp3) is 0.800. The number of nitrogens with zero attached hydrogens (tertiary/aromatic N) is 1. The summed E-state index contributed by atoms with van der Waals surface area (Å²) in [5.41, 5.74) is 4.73. The molecule has 0 saturated carbocycles. The van der Waals surface area contributed by atoms with E-state index in [4.69, 9.17) is 15.7 Å². The van der Waals surface area contributed by atoms with Crippen LogP contribution in [0.15, 0.2) is 5.16 Å². The van der Waals surface area contributed by atoms with Crippen molar-refractivity contribution in [2.75, 3.05) is 6.61 Å². The number of carbonyl (C=O) groups is 1. The molecule has 2 unspecified atom stereocenters. The van der Waals surface area contributed by atoms with Gasteiger partial charge in [-0.25, -0.2) is 0 Å². The number of rotatable bonds is 4. The van der Waals surface area contributed by atoms with E-state index in [1.54, 1.807) is 6.92 Å². The van der Waals surface area contributed by atoms with Gasteiger partial charge in [-0.1, -0.05) is 12.1 Å². The normalized spacial score (nSPS) is 25.1. The summed E-state index contributed by atoms with van der Waals surface area (Å²) in [6.45, 7) is 4.19. The van der Waals surface area contributed by atoms with Crippen LogP contribution in [0.2, 0.25) is 0 Å². The molecule has 1 fully saturated rings. The van der Waals surface area contributed by atoms with Crippen molar-refractivity contribution in [2.24, 2.45) is 10.9 Å². The van der Waals surface area contributed by atoms with E-state index in [-0.39, 0.29) is 11.7 Å². The van der Waals surface area contributed by atoms with Gasteiger partial charge < -0.3 is 21.0 Å². The molecule has 0 aromatic carbocycles. The molecule has 2 atom stereocenters. The smallest absolute Gasteiger partial charge is 0.249 e. The van der Waals surface area contributed by atoms with Crippen molar-refractivity contribution in [3.05, 3.63) is 0 Å². The fourth-order valence-corrected chi connectivity index (χ4v) is 1.58. The number of ether oxygens (including phenoxy) is 1. The Morgan fingerprint density at radius 2 is 2.44 bits per heavy atom. The van der Waals surface area contributed by atoms with E-state index < -0.39 is 11.6 Å². The van der Waals surface area contributed by atoms with E-state index in [2.05, 4.69) is 10.5 Å². The van der Waals surface area contributed by atoms with Gasteiger partial charge in [-0.2, -0.15) is 0 Å². The molecule has 0 aliphatic carbocycles.